The van der Waals surface area contributed by atoms with Gasteiger partial charge in [-0.15, -0.1) is 0 Å². The van der Waals surface area contributed by atoms with E-state index in [0.717, 1.165) is 5.75 Å². The molecule has 2 aromatic carbocycles. The number of rotatable bonds is 7. The highest BCUT2D eigenvalue weighted by Gasteiger charge is 2.25. The Morgan fingerprint density at radius 3 is 2.44 bits per heavy atom. The number of ether oxygens (including phenoxy) is 4. The Morgan fingerprint density at radius 1 is 1.04 bits per heavy atom. The number of esters is 1. The van der Waals surface area contributed by atoms with Crippen LogP contribution in [-0.2, 0) is 9.53 Å². The van der Waals surface area contributed by atoms with Gasteiger partial charge < -0.3 is 18.9 Å². The third kappa shape index (κ3) is 4.11. The first-order valence-corrected chi connectivity index (χ1v) is 8.71. The van der Waals surface area contributed by atoms with Crippen LogP contribution >= 0.6 is 0 Å². The maximum Gasteiger partial charge on any atom is 0.363 e. The fourth-order valence-corrected chi connectivity index (χ4v) is 2.67. The fourth-order valence-electron chi connectivity index (χ4n) is 2.67. The maximum absolute atomic E-state index is 12.2. The lowest BCUT2D eigenvalue weighted by Gasteiger charge is -2.11. The Bertz CT molecular complexity index is 884. The monoisotopic (exact) mass is 367 g/mol. The number of benzene rings is 2. The number of hydrogen-bond acceptors (Lipinski definition) is 6. The first kappa shape index (κ1) is 18.5. The fraction of sp³-hybridized carbons (Fsp3) is 0.238. The van der Waals surface area contributed by atoms with Crippen molar-refractivity contribution in [2.75, 3.05) is 20.3 Å². The number of methoxy groups -OCH3 is 1. The van der Waals surface area contributed by atoms with E-state index in [-0.39, 0.29) is 11.6 Å². The molecule has 1 aliphatic heterocycles. The summed E-state index contributed by atoms with van der Waals surface area (Å²) in [6.45, 7) is 4.91. The summed E-state index contributed by atoms with van der Waals surface area (Å²) in [5.41, 5.74) is 1.59. The van der Waals surface area contributed by atoms with Crippen LogP contribution in [0.5, 0.6) is 17.2 Å². The number of para-hydroxylation sites is 1. The van der Waals surface area contributed by atoms with Gasteiger partial charge in [0, 0.05) is 11.1 Å². The molecule has 0 N–H and O–H groups in total. The first-order chi connectivity index (χ1) is 13.2. The van der Waals surface area contributed by atoms with E-state index in [2.05, 4.69) is 4.99 Å². The Hall–Kier alpha value is -3.28. The molecule has 1 heterocycles. The van der Waals surface area contributed by atoms with Gasteiger partial charge in [0.2, 0.25) is 5.90 Å². The lowest BCUT2D eigenvalue weighted by molar-refractivity contribution is -0.129. The van der Waals surface area contributed by atoms with E-state index < -0.39 is 5.97 Å². The predicted octanol–water partition coefficient (Wildman–Crippen LogP) is 3.84. The summed E-state index contributed by atoms with van der Waals surface area (Å²) in [6.07, 6.45) is 1.63. The van der Waals surface area contributed by atoms with Crippen molar-refractivity contribution in [2.45, 2.75) is 13.8 Å². The number of cyclic esters (lactones) is 1. The number of hydrogen-bond donors (Lipinski definition) is 0. The summed E-state index contributed by atoms with van der Waals surface area (Å²) < 4.78 is 21.7. The molecule has 2 aromatic rings. The van der Waals surface area contributed by atoms with Gasteiger partial charge in [0.25, 0.3) is 0 Å². The predicted molar refractivity (Wildman–Crippen MR) is 102 cm³/mol. The number of carbonyl (C=O) groups excluding carboxylic acids is 1. The van der Waals surface area contributed by atoms with Crippen LogP contribution in [0.1, 0.15) is 25.0 Å². The van der Waals surface area contributed by atoms with Crippen LogP contribution in [0.25, 0.3) is 6.08 Å². The zero-order chi connectivity index (χ0) is 19.2. The third-order valence-electron chi connectivity index (χ3n) is 3.84. The van der Waals surface area contributed by atoms with E-state index in [1.54, 1.807) is 25.3 Å². The molecule has 0 unspecified atom stereocenters. The minimum atomic E-state index is -0.511. The lowest BCUT2D eigenvalue weighted by Crippen LogP contribution is -2.05. The molecule has 140 valence electrons. The SMILES string of the molecule is CCOc1ccc(C2=N/C(=C\c3cccc(OCC)c3OC)C(=O)O2)cc1. The van der Waals surface area contributed by atoms with Gasteiger partial charge in [-0.2, -0.15) is 0 Å². The number of aliphatic imine (C=N–C) groups is 1. The molecule has 0 bridgehead atoms. The van der Waals surface area contributed by atoms with E-state index in [1.807, 2.05) is 44.2 Å². The van der Waals surface area contributed by atoms with Gasteiger partial charge >= 0.3 is 5.97 Å². The van der Waals surface area contributed by atoms with Crippen LogP contribution in [-0.4, -0.2) is 32.2 Å². The quantitative estimate of drug-likeness (QED) is 0.549. The van der Waals surface area contributed by atoms with E-state index in [4.69, 9.17) is 18.9 Å². The van der Waals surface area contributed by atoms with Crippen LogP contribution in [0.2, 0.25) is 0 Å². The molecule has 0 saturated carbocycles. The van der Waals surface area contributed by atoms with Gasteiger partial charge in [0.15, 0.2) is 17.2 Å². The van der Waals surface area contributed by atoms with Gasteiger partial charge in [-0.3, -0.25) is 0 Å². The van der Waals surface area contributed by atoms with Crippen molar-refractivity contribution in [3.63, 3.8) is 0 Å². The minimum Gasteiger partial charge on any atom is -0.494 e. The topological polar surface area (TPSA) is 66.3 Å². The van der Waals surface area contributed by atoms with Crippen molar-refractivity contribution in [3.8, 4) is 17.2 Å². The van der Waals surface area contributed by atoms with Gasteiger partial charge in [-0.1, -0.05) is 12.1 Å². The van der Waals surface area contributed by atoms with E-state index >= 15 is 0 Å². The highest BCUT2D eigenvalue weighted by Crippen LogP contribution is 2.33. The third-order valence-corrected chi connectivity index (χ3v) is 3.84. The average molecular weight is 367 g/mol. The summed E-state index contributed by atoms with van der Waals surface area (Å²) in [5.74, 6) is 1.65. The molecule has 6 nitrogen and oxygen atoms in total. The van der Waals surface area contributed by atoms with E-state index in [9.17, 15) is 4.79 Å². The second-order valence-corrected chi connectivity index (χ2v) is 5.61. The van der Waals surface area contributed by atoms with Crippen LogP contribution < -0.4 is 14.2 Å². The summed E-state index contributed by atoms with van der Waals surface area (Å²) in [5, 5.41) is 0. The second-order valence-electron chi connectivity index (χ2n) is 5.61. The van der Waals surface area contributed by atoms with Crippen molar-refractivity contribution < 1.29 is 23.7 Å². The standard InChI is InChI=1S/C21H21NO5/c1-4-25-16-11-9-14(10-12-16)20-22-17(21(23)27-20)13-15-7-6-8-18(26-5-2)19(15)24-3/h6-13H,4-5H2,1-3H3/b17-13-. The zero-order valence-electron chi connectivity index (χ0n) is 15.5. The normalized spacial score (nSPS) is 14.7. The summed E-state index contributed by atoms with van der Waals surface area (Å²) in [7, 11) is 1.56. The number of nitrogens with zero attached hydrogens (tertiary/aromatic N) is 1. The molecule has 0 atom stereocenters. The van der Waals surface area contributed by atoms with Crippen molar-refractivity contribution in [2.24, 2.45) is 4.99 Å². The molecule has 0 aliphatic carbocycles. The molecule has 0 aromatic heterocycles. The van der Waals surface area contributed by atoms with Gasteiger partial charge in [-0.05, 0) is 50.3 Å². The maximum atomic E-state index is 12.2. The first-order valence-electron chi connectivity index (χ1n) is 8.71. The Balaban J connectivity index is 1.91. The summed E-state index contributed by atoms with van der Waals surface area (Å²) in [6, 6.07) is 12.7. The van der Waals surface area contributed by atoms with Crippen molar-refractivity contribution in [3.05, 3.63) is 59.3 Å². The second kappa shape index (κ2) is 8.40. The molecule has 27 heavy (non-hydrogen) atoms. The molecule has 0 fully saturated rings. The zero-order valence-corrected chi connectivity index (χ0v) is 15.5. The van der Waals surface area contributed by atoms with E-state index in [1.165, 1.54) is 0 Å². The summed E-state index contributed by atoms with van der Waals surface area (Å²) in [4.78, 5) is 16.6. The molecule has 1 aliphatic rings. The smallest absolute Gasteiger partial charge is 0.363 e. The lowest BCUT2D eigenvalue weighted by atomic mass is 10.1. The molecule has 3 rings (SSSR count). The number of carbonyl (C=O) groups is 1. The molecular weight excluding hydrogens is 346 g/mol. The van der Waals surface area contributed by atoms with Gasteiger partial charge in [0.1, 0.15) is 5.75 Å². The van der Waals surface area contributed by atoms with Crippen molar-refractivity contribution in [1.82, 2.24) is 0 Å². The molecule has 0 saturated heterocycles. The molecule has 0 amide bonds. The van der Waals surface area contributed by atoms with Crippen molar-refractivity contribution in [1.29, 1.82) is 0 Å². The van der Waals surface area contributed by atoms with E-state index in [0.29, 0.717) is 35.8 Å². The van der Waals surface area contributed by atoms with Crippen LogP contribution in [0.15, 0.2) is 53.2 Å². The Kier molecular flexibility index (Phi) is 5.76. The highest BCUT2D eigenvalue weighted by atomic mass is 16.6. The Labute approximate surface area is 158 Å². The van der Waals surface area contributed by atoms with Crippen LogP contribution in [0.3, 0.4) is 0 Å². The molecule has 0 radical (unpaired) electrons. The van der Waals surface area contributed by atoms with Crippen LogP contribution in [0, 0.1) is 0 Å². The largest absolute Gasteiger partial charge is 0.494 e. The summed E-state index contributed by atoms with van der Waals surface area (Å²) >= 11 is 0. The van der Waals surface area contributed by atoms with Crippen LogP contribution in [0.4, 0.5) is 0 Å². The van der Waals surface area contributed by atoms with Gasteiger partial charge in [-0.25, -0.2) is 9.79 Å². The molecular formula is C21H21NO5. The molecule has 6 heteroatoms. The van der Waals surface area contributed by atoms with Crippen molar-refractivity contribution >= 4 is 17.9 Å². The Morgan fingerprint density at radius 2 is 1.78 bits per heavy atom. The molecule has 0 spiro atoms. The minimum absolute atomic E-state index is 0.200. The highest BCUT2D eigenvalue weighted by molar-refractivity contribution is 6.13. The van der Waals surface area contributed by atoms with Gasteiger partial charge in [0.05, 0.1) is 20.3 Å². The average Bonchev–Trinajstić information content (AvgIpc) is 3.04.